The number of nitrogens with one attached hydrogen (secondary N) is 1. The zero-order valence-electron chi connectivity index (χ0n) is 8.88. The van der Waals surface area contributed by atoms with Crippen molar-refractivity contribution in [3.05, 3.63) is 48.8 Å². The zero-order chi connectivity index (χ0) is 11.2. The second-order valence-electron chi connectivity index (χ2n) is 3.13. The molecule has 2 rings (SSSR count). The molecule has 0 aliphatic rings. The van der Waals surface area contributed by atoms with Crippen molar-refractivity contribution >= 4 is 17.6 Å². The first-order valence-corrected chi connectivity index (χ1v) is 5.67. The maximum Gasteiger partial charge on any atom is 0.138 e. The molecule has 0 saturated heterocycles. The molecule has 0 aliphatic carbocycles. The van der Waals surface area contributed by atoms with Crippen molar-refractivity contribution < 1.29 is 4.74 Å². The fraction of sp³-hybridized carbons (Fsp3) is 0.0833. The number of hydrogen-bond acceptors (Lipinski definition) is 4. The van der Waals surface area contributed by atoms with Gasteiger partial charge in [-0.2, -0.15) is 0 Å². The second-order valence-corrected chi connectivity index (χ2v) is 4.01. The molecule has 2 aromatic rings. The fourth-order valence-electron chi connectivity index (χ4n) is 1.19. The summed E-state index contributed by atoms with van der Waals surface area (Å²) in [5, 5.41) is 0. The standard InChI is InChI=1S/C12H12N2OS/c1-15-11-7-12(9-13-8-11)16-14-10-5-3-2-4-6-10/h2-9,14H,1H3. The molecule has 16 heavy (non-hydrogen) atoms. The Bertz CT molecular complexity index is 448. The minimum atomic E-state index is 0.764. The van der Waals surface area contributed by atoms with Crippen LogP contribution in [0.25, 0.3) is 0 Å². The van der Waals surface area contributed by atoms with E-state index in [1.54, 1.807) is 19.5 Å². The molecule has 1 heterocycles. The van der Waals surface area contributed by atoms with Gasteiger partial charge in [-0.15, -0.1) is 0 Å². The van der Waals surface area contributed by atoms with Gasteiger partial charge in [0.15, 0.2) is 0 Å². The molecule has 0 radical (unpaired) electrons. The molecular formula is C12H12N2OS. The van der Waals surface area contributed by atoms with Crippen LogP contribution >= 0.6 is 11.9 Å². The second kappa shape index (κ2) is 5.42. The number of methoxy groups -OCH3 is 1. The summed E-state index contributed by atoms with van der Waals surface area (Å²) in [4.78, 5) is 5.10. The van der Waals surface area contributed by atoms with E-state index in [4.69, 9.17) is 4.74 Å². The van der Waals surface area contributed by atoms with Gasteiger partial charge in [-0.1, -0.05) is 18.2 Å². The van der Waals surface area contributed by atoms with E-state index >= 15 is 0 Å². The van der Waals surface area contributed by atoms with Crippen molar-refractivity contribution in [2.24, 2.45) is 0 Å². The average Bonchev–Trinajstić information content (AvgIpc) is 2.38. The van der Waals surface area contributed by atoms with Crippen LogP contribution in [0.5, 0.6) is 5.75 Å². The maximum atomic E-state index is 5.10. The van der Waals surface area contributed by atoms with Gasteiger partial charge in [0.25, 0.3) is 0 Å². The summed E-state index contributed by atoms with van der Waals surface area (Å²) in [5.74, 6) is 0.764. The Morgan fingerprint density at radius 3 is 2.75 bits per heavy atom. The minimum Gasteiger partial charge on any atom is -0.495 e. The monoisotopic (exact) mass is 232 g/mol. The van der Waals surface area contributed by atoms with E-state index in [9.17, 15) is 0 Å². The van der Waals surface area contributed by atoms with Crippen LogP contribution in [-0.2, 0) is 0 Å². The van der Waals surface area contributed by atoms with Crippen LogP contribution in [0.1, 0.15) is 0 Å². The number of rotatable bonds is 4. The summed E-state index contributed by atoms with van der Waals surface area (Å²) >= 11 is 1.51. The third-order valence-corrected chi connectivity index (χ3v) is 2.78. The van der Waals surface area contributed by atoms with Gasteiger partial charge >= 0.3 is 0 Å². The molecule has 0 aliphatic heterocycles. The highest BCUT2D eigenvalue weighted by Gasteiger charge is 1.97. The Morgan fingerprint density at radius 1 is 1.19 bits per heavy atom. The van der Waals surface area contributed by atoms with Crippen molar-refractivity contribution in [1.29, 1.82) is 0 Å². The largest absolute Gasteiger partial charge is 0.495 e. The molecule has 4 heteroatoms. The van der Waals surface area contributed by atoms with E-state index in [1.165, 1.54) is 11.9 Å². The van der Waals surface area contributed by atoms with Gasteiger partial charge in [0.2, 0.25) is 0 Å². The molecule has 0 amide bonds. The Morgan fingerprint density at radius 2 is 2.00 bits per heavy atom. The van der Waals surface area contributed by atoms with Crippen molar-refractivity contribution in [2.45, 2.75) is 4.90 Å². The summed E-state index contributed by atoms with van der Waals surface area (Å²) < 4.78 is 8.34. The van der Waals surface area contributed by atoms with Gasteiger partial charge in [-0.3, -0.25) is 4.98 Å². The molecule has 0 unspecified atom stereocenters. The summed E-state index contributed by atoms with van der Waals surface area (Å²) in [6.07, 6.45) is 3.48. The van der Waals surface area contributed by atoms with E-state index in [-0.39, 0.29) is 0 Å². The lowest BCUT2D eigenvalue weighted by atomic mass is 10.3. The Balaban J connectivity index is 1.99. The predicted molar refractivity (Wildman–Crippen MR) is 66.7 cm³/mol. The smallest absolute Gasteiger partial charge is 0.138 e. The number of benzene rings is 1. The Kier molecular flexibility index (Phi) is 3.66. The first-order chi connectivity index (χ1) is 7.88. The molecular weight excluding hydrogens is 220 g/mol. The molecule has 1 N–H and O–H groups in total. The average molecular weight is 232 g/mol. The number of pyridine rings is 1. The third kappa shape index (κ3) is 2.90. The molecule has 3 nitrogen and oxygen atoms in total. The quantitative estimate of drug-likeness (QED) is 0.821. The van der Waals surface area contributed by atoms with Gasteiger partial charge in [0, 0.05) is 11.9 Å². The normalized spacial score (nSPS) is 9.81. The van der Waals surface area contributed by atoms with Crippen molar-refractivity contribution in [3.63, 3.8) is 0 Å². The molecule has 0 bridgehead atoms. The van der Waals surface area contributed by atoms with Crippen LogP contribution in [0.4, 0.5) is 5.69 Å². The van der Waals surface area contributed by atoms with E-state index < -0.39 is 0 Å². The summed E-state index contributed by atoms with van der Waals surface area (Å²) in [6.45, 7) is 0. The summed E-state index contributed by atoms with van der Waals surface area (Å²) in [6, 6.07) is 11.9. The maximum absolute atomic E-state index is 5.10. The molecule has 0 fully saturated rings. The highest BCUT2D eigenvalue weighted by molar-refractivity contribution is 8.00. The van der Waals surface area contributed by atoms with E-state index in [2.05, 4.69) is 9.71 Å². The van der Waals surface area contributed by atoms with Gasteiger partial charge in [-0.05, 0) is 30.1 Å². The van der Waals surface area contributed by atoms with Gasteiger partial charge in [0.05, 0.1) is 18.2 Å². The minimum absolute atomic E-state index is 0.764. The number of anilines is 1. The Hall–Kier alpha value is -1.68. The van der Waals surface area contributed by atoms with Crippen LogP contribution in [0.2, 0.25) is 0 Å². The first-order valence-electron chi connectivity index (χ1n) is 4.85. The number of para-hydroxylation sites is 1. The van der Waals surface area contributed by atoms with Crippen LogP contribution in [0.3, 0.4) is 0 Å². The molecule has 0 atom stereocenters. The zero-order valence-corrected chi connectivity index (χ0v) is 9.70. The van der Waals surface area contributed by atoms with E-state index in [1.807, 2.05) is 36.4 Å². The molecule has 0 spiro atoms. The lowest BCUT2D eigenvalue weighted by molar-refractivity contribution is 0.411. The van der Waals surface area contributed by atoms with E-state index in [0.29, 0.717) is 0 Å². The fourth-order valence-corrected chi connectivity index (χ4v) is 1.85. The predicted octanol–water partition coefficient (Wildman–Crippen LogP) is 3.21. The molecule has 1 aromatic heterocycles. The van der Waals surface area contributed by atoms with Crippen LogP contribution in [-0.4, -0.2) is 12.1 Å². The SMILES string of the molecule is COc1cncc(SNc2ccccc2)c1. The van der Waals surface area contributed by atoms with Gasteiger partial charge < -0.3 is 9.46 Å². The third-order valence-electron chi connectivity index (χ3n) is 1.98. The summed E-state index contributed by atoms with van der Waals surface area (Å²) in [5.41, 5.74) is 1.07. The van der Waals surface area contributed by atoms with Gasteiger partial charge in [0.1, 0.15) is 5.75 Å². The van der Waals surface area contributed by atoms with Crippen molar-refractivity contribution in [2.75, 3.05) is 11.8 Å². The number of nitrogens with zero attached hydrogens (tertiary/aromatic N) is 1. The lowest BCUT2D eigenvalue weighted by Crippen LogP contribution is -1.88. The Labute approximate surface area is 99.0 Å². The molecule has 82 valence electrons. The van der Waals surface area contributed by atoms with Crippen LogP contribution in [0.15, 0.2) is 53.7 Å². The number of aromatic nitrogens is 1. The number of ether oxygens (including phenoxy) is 1. The lowest BCUT2D eigenvalue weighted by Gasteiger charge is -2.05. The molecule has 1 aromatic carbocycles. The van der Waals surface area contributed by atoms with Gasteiger partial charge in [-0.25, -0.2) is 0 Å². The topological polar surface area (TPSA) is 34.1 Å². The first kappa shape index (κ1) is 10.8. The highest BCUT2D eigenvalue weighted by atomic mass is 32.2. The van der Waals surface area contributed by atoms with Crippen molar-refractivity contribution in [3.8, 4) is 5.75 Å². The highest BCUT2D eigenvalue weighted by Crippen LogP contribution is 2.22. The summed E-state index contributed by atoms with van der Waals surface area (Å²) in [7, 11) is 1.64. The van der Waals surface area contributed by atoms with Crippen LogP contribution < -0.4 is 9.46 Å². The van der Waals surface area contributed by atoms with Crippen molar-refractivity contribution in [1.82, 2.24) is 4.98 Å². The molecule has 0 saturated carbocycles. The van der Waals surface area contributed by atoms with Crippen LogP contribution in [0, 0.1) is 0 Å². The number of hydrogen-bond donors (Lipinski definition) is 1. The van der Waals surface area contributed by atoms with E-state index in [0.717, 1.165) is 16.3 Å².